The second kappa shape index (κ2) is 5.72. The zero-order chi connectivity index (χ0) is 17.9. The number of carbonyl (C=O) groups is 1. The molecule has 2 aliphatic carbocycles. The molecular weight excluding hydrogens is 330 g/mol. The van der Waals surface area contributed by atoms with Gasteiger partial charge in [-0.15, -0.1) is 0 Å². The Kier molecular flexibility index (Phi) is 3.65. The predicted molar refractivity (Wildman–Crippen MR) is 95.7 cm³/mol. The number of aliphatic hydroxyl groups is 1. The van der Waals surface area contributed by atoms with Gasteiger partial charge in [0.1, 0.15) is 17.4 Å². The van der Waals surface area contributed by atoms with E-state index in [1.807, 2.05) is 17.8 Å². The summed E-state index contributed by atoms with van der Waals surface area (Å²) in [5, 5.41) is 15.0. The van der Waals surface area contributed by atoms with E-state index in [0.717, 1.165) is 63.4 Å². The van der Waals surface area contributed by atoms with Gasteiger partial charge >= 0.3 is 0 Å². The molecule has 6 heteroatoms. The number of likely N-dealkylation sites (tertiary alicyclic amines) is 1. The molecule has 1 atom stereocenters. The lowest BCUT2D eigenvalue weighted by atomic mass is 9.80. The van der Waals surface area contributed by atoms with E-state index >= 15 is 0 Å². The normalized spacial score (nSPS) is 34.8. The van der Waals surface area contributed by atoms with Crippen molar-refractivity contribution in [1.82, 2.24) is 14.7 Å². The molecule has 1 amide bonds. The molecule has 1 N–H and O–H groups in total. The van der Waals surface area contributed by atoms with Crippen molar-refractivity contribution in [2.75, 3.05) is 13.1 Å². The minimum atomic E-state index is -0.571. The number of ether oxygens (including phenoxy) is 1. The van der Waals surface area contributed by atoms with Crippen molar-refractivity contribution in [3.63, 3.8) is 0 Å². The molecule has 6 nitrogen and oxygen atoms in total. The molecule has 5 rings (SSSR count). The van der Waals surface area contributed by atoms with E-state index in [9.17, 15) is 9.90 Å². The van der Waals surface area contributed by atoms with Crippen LogP contribution < -0.4 is 4.74 Å². The lowest BCUT2D eigenvalue weighted by molar-refractivity contribution is -0.146. The number of carbonyl (C=O) groups excluding carboxylic acids is 1. The van der Waals surface area contributed by atoms with Crippen molar-refractivity contribution in [3.8, 4) is 5.75 Å². The number of amides is 1. The topological polar surface area (TPSA) is 67.6 Å². The van der Waals surface area contributed by atoms with Crippen molar-refractivity contribution in [2.45, 2.75) is 76.5 Å². The first kappa shape index (κ1) is 16.6. The van der Waals surface area contributed by atoms with Crippen LogP contribution in [0.5, 0.6) is 5.75 Å². The molecule has 2 bridgehead atoms. The van der Waals surface area contributed by atoms with Crippen LogP contribution in [0.25, 0.3) is 0 Å². The molecule has 0 radical (unpaired) electrons. The highest BCUT2D eigenvalue weighted by molar-refractivity contribution is 5.83. The lowest BCUT2D eigenvalue weighted by Crippen LogP contribution is -2.54. The van der Waals surface area contributed by atoms with Crippen LogP contribution in [0.1, 0.15) is 70.1 Å². The maximum atomic E-state index is 13.2. The quantitative estimate of drug-likeness (QED) is 0.881. The summed E-state index contributed by atoms with van der Waals surface area (Å²) in [7, 11) is 0. The number of piperidine rings is 1. The Morgan fingerprint density at radius 3 is 2.62 bits per heavy atom. The Morgan fingerprint density at radius 2 is 2.00 bits per heavy atom. The average Bonchev–Trinajstić information content (AvgIpc) is 3.36. The largest absolute Gasteiger partial charge is 0.483 e. The Labute approximate surface area is 154 Å². The molecular formula is C20H29N3O3. The second-order valence-electron chi connectivity index (χ2n) is 8.96. The number of rotatable bonds is 2. The van der Waals surface area contributed by atoms with E-state index in [4.69, 9.17) is 4.74 Å². The van der Waals surface area contributed by atoms with Gasteiger partial charge in [-0.3, -0.25) is 9.48 Å². The lowest BCUT2D eigenvalue weighted by Gasteiger charge is -2.46. The number of aliphatic hydroxyl groups excluding tert-OH is 1. The summed E-state index contributed by atoms with van der Waals surface area (Å²) < 4.78 is 8.17. The Morgan fingerprint density at radius 1 is 1.27 bits per heavy atom. The van der Waals surface area contributed by atoms with Gasteiger partial charge in [-0.25, -0.2) is 0 Å². The average molecular weight is 359 g/mol. The van der Waals surface area contributed by atoms with E-state index in [-0.39, 0.29) is 11.0 Å². The van der Waals surface area contributed by atoms with Crippen molar-refractivity contribution < 1.29 is 14.6 Å². The molecule has 26 heavy (non-hydrogen) atoms. The van der Waals surface area contributed by atoms with Crippen LogP contribution in [0, 0.1) is 11.3 Å². The minimum absolute atomic E-state index is 0.0441. The summed E-state index contributed by atoms with van der Waals surface area (Å²) in [6.45, 7) is 4.28. The Bertz CT molecular complexity index is 712. The van der Waals surface area contributed by atoms with Crippen LogP contribution in [-0.2, 0) is 11.3 Å². The highest BCUT2D eigenvalue weighted by atomic mass is 16.5. The molecule has 0 aromatic carbocycles. The molecule has 1 unspecified atom stereocenters. The van der Waals surface area contributed by atoms with Gasteiger partial charge in [0.25, 0.3) is 0 Å². The van der Waals surface area contributed by atoms with E-state index in [1.54, 1.807) is 0 Å². The van der Waals surface area contributed by atoms with Crippen LogP contribution in [0.15, 0.2) is 6.20 Å². The fraction of sp³-hybridized carbons (Fsp3) is 0.800. The number of nitrogens with zero attached hydrogens (tertiary/aromatic N) is 3. The molecule has 4 aliphatic rings. The van der Waals surface area contributed by atoms with Crippen LogP contribution in [0.4, 0.5) is 0 Å². The van der Waals surface area contributed by atoms with Crippen LogP contribution in [-0.4, -0.2) is 44.4 Å². The van der Waals surface area contributed by atoms with E-state index in [0.29, 0.717) is 18.0 Å². The van der Waals surface area contributed by atoms with Gasteiger partial charge in [-0.2, -0.15) is 5.10 Å². The molecule has 1 aromatic heterocycles. The third-order valence-electron chi connectivity index (χ3n) is 7.44. The van der Waals surface area contributed by atoms with Gasteiger partial charge in [0.2, 0.25) is 5.91 Å². The first-order chi connectivity index (χ1) is 12.5. The Balaban J connectivity index is 1.29. The van der Waals surface area contributed by atoms with Gasteiger partial charge in [-0.1, -0.05) is 0 Å². The maximum Gasteiger partial charge on any atom is 0.228 e. The number of hydrogen-bond donors (Lipinski definition) is 1. The van der Waals surface area contributed by atoms with E-state index in [2.05, 4.69) is 10.00 Å². The van der Waals surface area contributed by atoms with E-state index in [1.165, 1.54) is 12.8 Å². The predicted octanol–water partition coefficient (Wildman–Crippen LogP) is 2.66. The standard InChI is InChI=1S/C20H29N3O3/c1-2-23-13-16-17(21-23)15(24)12-20(26-16)7-9-22(10-8-20)18(25)19-5-3-14(11-19)4-6-19/h13-15,24H,2-12H2,1H3. The molecule has 142 valence electrons. The van der Waals surface area contributed by atoms with Gasteiger partial charge in [0.05, 0.1) is 6.20 Å². The second-order valence-corrected chi connectivity index (χ2v) is 8.96. The number of aryl methyl sites for hydroxylation is 1. The molecule has 1 aromatic rings. The number of hydrogen-bond acceptors (Lipinski definition) is 4. The minimum Gasteiger partial charge on any atom is -0.483 e. The third kappa shape index (κ3) is 2.41. The summed E-state index contributed by atoms with van der Waals surface area (Å²) in [5.74, 6) is 1.90. The Hall–Kier alpha value is -1.56. The first-order valence-corrected chi connectivity index (χ1v) is 10.3. The SMILES string of the molecule is CCn1cc2c(n1)C(O)CC1(CCN(C(=O)C34CCC(CC3)C4)CC1)O2. The smallest absolute Gasteiger partial charge is 0.228 e. The monoisotopic (exact) mass is 359 g/mol. The summed E-state index contributed by atoms with van der Waals surface area (Å²) in [6, 6.07) is 0. The first-order valence-electron chi connectivity index (χ1n) is 10.3. The fourth-order valence-corrected chi connectivity index (χ4v) is 5.86. The van der Waals surface area contributed by atoms with Crippen LogP contribution >= 0.6 is 0 Å². The van der Waals surface area contributed by atoms with Gasteiger partial charge < -0.3 is 14.7 Å². The summed E-state index contributed by atoms with van der Waals surface area (Å²) in [5.41, 5.74) is 0.270. The third-order valence-corrected chi connectivity index (χ3v) is 7.44. The van der Waals surface area contributed by atoms with Crippen molar-refractivity contribution in [3.05, 3.63) is 11.9 Å². The van der Waals surface area contributed by atoms with E-state index < -0.39 is 6.10 Å². The van der Waals surface area contributed by atoms with Gasteiger partial charge in [-0.05, 0) is 44.9 Å². The van der Waals surface area contributed by atoms with Gasteiger partial charge in [0, 0.05) is 44.3 Å². The van der Waals surface area contributed by atoms with Crippen molar-refractivity contribution >= 4 is 5.91 Å². The maximum absolute atomic E-state index is 13.2. The molecule has 3 fully saturated rings. The summed E-state index contributed by atoms with van der Waals surface area (Å²) >= 11 is 0. The van der Waals surface area contributed by atoms with Crippen molar-refractivity contribution in [1.29, 1.82) is 0 Å². The molecule has 1 spiro atoms. The highest BCUT2D eigenvalue weighted by Gasteiger charge is 2.53. The summed E-state index contributed by atoms with van der Waals surface area (Å²) in [6.07, 6.45) is 9.27. The molecule has 2 saturated carbocycles. The van der Waals surface area contributed by atoms with Crippen molar-refractivity contribution in [2.24, 2.45) is 11.3 Å². The fourth-order valence-electron chi connectivity index (χ4n) is 5.86. The molecule has 1 saturated heterocycles. The molecule has 3 heterocycles. The van der Waals surface area contributed by atoms with Gasteiger partial charge in [0.15, 0.2) is 5.75 Å². The zero-order valence-corrected chi connectivity index (χ0v) is 15.6. The number of fused-ring (bicyclic) bond motifs is 3. The zero-order valence-electron chi connectivity index (χ0n) is 15.6. The summed E-state index contributed by atoms with van der Waals surface area (Å²) in [4.78, 5) is 15.3. The highest BCUT2D eigenvalue weighted by Crippen LogP contribution is 2.55. The van der Waals surface area contributed by atoms with Crippen LogP contribution in [0.3, 0.4) is 0 Å². The molecule has 2 aliphatic heterocycles. The number of aromatic nitrogens is 2. The van der Waals surface area contributed by atoms with Crippen LogP contribution in [0.2, 0.25) is 0 Å².